The van der Waals surface area contributed by atoms with Crippen LogP contribution in [0.1, 0.15) is 15.9 Å². The monoisotopic (exact) mass is 206 g/mol. The molecule has 2 rings (SSSR count). The first kappa shape index (κ1) is 10.0. The van der Waals surface area contributed by atoms with Crippen LogP contribution in [-0.4, -0.2) is 18.2 Å². The summed E-state index contributed by atoms with van der Waals surface area (Å²) in [6, 6.07) is 6.83. The van der Waals surface area contributed by atoms with Gasteiger partial charge in [0, 0.05) is 18.2 Å². The predicted octanol–water partition coefficient (Wildman–Crippen LogP) is 1.73. The lowest BCUT2D eigenvalue weighted by Crippen LogP contribution is -2.33. The standard InChI is InChI=1S/C11H10O4/c1-14-11(15-13)7-6-10(12)8-4-2-3-5-9(8)11/h2-7,13H,1H3. The van der Waals surface area contributed by atoms with E-state index in [4.69, 9.17) is 9.99 Å². The van der Waals surface area contributed by atoms with Crippen LogP contribution in [0.4, 0.5) is 0 Å². The van der Waals surface area contributed by atoms with E-state index >= 15 is 0 Å². The highest BCUT2D eigenvalue weighted by Gasteiger charge is 2.37. The third-order valence-electron chi connectivity index (χ3n) is 2.46. The van der Waals surface area contributed by atoms with Crippen molar-refractivity contribution in [1.82, 2.24) is 0 Å². The molecule has 0 aliphatic heterocycles. The minimum Gasteiger partial charge on any atom is -0.344 e. The topological polar surface area (TPSA) is 55.8 Å². The fourth-order valence-electron chi connectivity index (χ4n) is 1.66. The molecule has 0 radical (unpaired) electrons. The van der Waals surface area contributed by atoms with Crippen molar-refractivity contribution >= 4 is 5.78 Å². The van der Waals surface area contributed by atoms with E-state index in [2.05, 4.69) is 4.89 Å². The zero-order valence-electron chi connectivity index (χ0n) is 8.14. The summed E-state index contributed by atoms with van der Waals surface area (Å²) in [7, 11) is 1.40. The van der Waals surface area contributed by atoms with Crippen LogP contribution >= 0.6 is 0 Å². The first-order chi connectivity index (χ1) is 7.23. The summed E-state index contributed by atoms with van der Waals surface area (Å²) in [5.74, 6) is -1.50. The average molecular weight is 206 g/mol. The van der Waals surface area contributed by atoms with Gasteiger partial charge in [-0.3, -0.25) is 4.79 Å². The summed E-state index contributed by atoms with van der Waals surface area (Å²) in [6.45, 7) is 0. The van der Waals surface area contributed by atoms with Gasteiger partial charge in [0.2, 0.25) is 5.79 Å². The summed E-state index contributed by atoms with van der Waals surface area (Å²) in [5.41, 5.74) is 0.971. The SMILES string of the molecule is COC1(OO)C=CC(=O)c2ccccc21. The van der Waals surface area contributed by atoms with E-state index in [9.17, 15) is 4.79 Å². The molecule has 1 atom stereocenters. The molecule has 0 amide bonds. The molecule has 1 aromatic carbocycles. The lowest BCUT2D eigenvalue weighted by Gasteiger charge is -2.29. The minimum atomic E-state index is -1.37. The Morgan fingerprint density at radius 3 is 2.73 bits per heavy atom. The molecule has 0 spiro atoms. The smallest absolute Gasteiger partial charge is 0.247 e. The van der Waals surface area contributed by atoms with Crippen LogP contribution in [0, 0.1) is 0 Å². The highest BCUT2D eigenvalue weighted by Crippen LogP contribution is 2.33. The molecule has 1 aliphatic carbocycles. The van der Waals surface area contributed by atoms with Gasteiger partial charge in [-0.2, -0.15) is 4.89 Å². The molecule has 0 saturated heterocycles. The van der Waals surface area contributed by atoms with E-state index in [-0.39, 0.29) is 5.78 Å². The first-order valence-corrected chi connectivity index (χ1v) is 4.44. The predicted molar refractivity (Wildman–Crippen MR) is 52.3 cm³/mol. The molecule has 15 heavy (non-hydrogen) atoms. The summed E-state index contributed by atoms with van der Waals surface area (Å²) in [4.78, 5) is 15.9. The van der Waals surface area contributed by atoms with Gasteiger partial charge >= 0.3 is 0 Å². The number of fused-ring (bicyclic) bond motifs is 1. The highest BCUT2D eigenvalue weighted by atomic mass is 17.1. The molecular formula is C11H10O4. The number of benzene rings is 1. The number of rotatable bonds is 2. The van der Waals surface area contributed by atoms with E-state index in [0.29, 0.717) is 11.1 Å². The number of hydrogen-bond acceptors (Lipinski definition) is 4. The Balaban J connectivity index is 2.63. The maximum atomic E-state index is 11.5. The number of methoxy groups -OCH3 is 1. The van der Waals surface area contributed by atoms with Crippen molar-refractivity contribution in [3.63, 3.8) is 0 Å². The van der Waals surface area contributed by atoms with Gasteiger partial charge in [-0.1, -0.05) is 24.3 Å². The quantitative estimate of drug-likeness (QED) is 0.455. The van der Waals surface area contributed by atoms with Gasteiger partial charge < -0.3 is 4.74 Å². The molecule has 1 aliphatic rings. The van der Waals surface area contributed by atoms with E-state index in [1.165, 1.54) is 19.3 Å². The van der Waals surface area contributed by atoms with Crippen molar-refractivity contribution in [2.24, 2.45) is 0 Å². The van der Waals surface area contributed by atoms with Gasteiger partial charge in [0.1, 0.15) is 0 Å². The normalized spacial score (nSPS) is 24.0. The number of ketones is 1. The van der Waals surface area contributed by atoms with Crippen molar-refractivity contribution in [1.29, 1.82) is 0 Å². The van der Waals surface area contributed by atoms with Crippen molar-refractivity contribution in [2.75, 3.05) is 7.11 Å². The molecule has 1 aromatic rings. The lowest BCUT2D eigenvalue weighted by atomic mass is 9.91. The van der Waals surface area contributed by atoms with Crippen LogP contribution in [0.5, 0.6) is 0 Å². The zero-order chi connectivity index (χ0) is 10.9. The van der Waals surface area contributed by atoms with E-state index in [1.807, 2.05) is 0 Å². The Morgan fingerprint density at radius 2 is 2.07 bits per heavy atom. The van der Waals surface area contributed by atoms with Crippen molar-refractivity contribution in [3.8, 4) is 0 Å². The second-order valence-electron chi connectivity index (χ2n) is 3.21. The fourth-order valence-corrected chi connectivity index (χ4v) is 1.66. The largest absolute Gasteiger partial charge is 0.344 e. The Bertz CT molecular complexity index is 418. The molecule has 0 fully saturated rings. The third kappa shape index (κ3) is 1.39. The second-order valence-corrected chi connectivity index (χ2v) is 3.21. The van der Waals surface area contributed by atoms with Gasteiger partial charge in [0.15, 0.2) is 5.78 Å². The number of hydrogen-bond donors (Lipinski definition) is 1. The second kappa shape index (κ2) is 3.58. The van der Waals surface area contributed by atoms with Gasteiger partial charge in [-0.25, -0.2) is 5.26 Å². The zero-order valence-corrected chi connectivity index (χ0v) is 8.14. The molecule has 1 N–H and O–H groups in total. The summed E-state index contributed by atoms with van der Waals surface area (Å²) >= 11 is 0. The maximum absolute atomic E-state index is 11.5. The number of ether oxygens (including phenoxy) is 1. The fraction of sp³-hybridized carbons (Fsp3) is 0.182. The maximum Gasteiger partial charge on any atom is 0.247 e. The highest BCUT2D eigenvalue weighted by molar-refractivity contribution is 6.07. The number of allylic oxidation sites excluding steroid dienone is 1. The molecule has 4 nitrogen and oxygen atoms in total. The van der Waals surface area contributed by atoms with Crippen LogP contribution in [0.25, 0.3) is 0 Å². The summed E-state index contributed by atoms with van der Waals surface area (Å²) < 4.78 is 5.09. The summed E-state index contributed by atoms with van der Waals surface area (Å²) in [5, 5.41) is 8.89. The molecule has 0 bridgehead atoms. The third-order valence-corrected chi connectivity index (χ3v) is 2.46. The van der Waals surface area contributed by atoms with E-state index < -0.39 is 5.79 Å². The van der Waals surface area contributed by atoms with Crippen LogP contribution < -0.4 is 0 Å². The van der Waals surface area contributed by atoms with Crippen molar-refractivity contribution < 1.29 is 19.7 Å². The van der Waals surface area contributed by atoms with Crippen LogP contribution in [0.2, 0.25) is 0 Å². The first-order valence-electron chi connectivity index (χ1n) is 4.44. The molecule has 4 heteroatoms. The van der Waals surface area contributed by atoms with Crippen LogP contribution in [-0.2, 0) is 15.4 Å². The average Bonchev–Trinajstić information content (AvgIpc) is 2.31. The van der Waals surface area contributed by atoms with E-state index in [0.717, 1.165) is 0 Å². The molecule has 1 unspecified atom stereocenters. The Hall–Kier alpha value is -1.49. The minimum absolute atomic E-state index is 0.129. The summed E-state index contributed by atoms with van der Waals surface area (Å²) in [6.07, 6.45) is 2.71. The molecule has 0 heterocycles. The molecule has 0 aromatic heterocycles. The molecule has 78 valence electrons. The van der Waals surface area contributed by atoms with Gasteiger partial charge in [0.05, 0.1) is 0 Å². The molecule has 0 saturated carbocycles. The Labute approximate surface area is 86.7 Å². The number of carbonyl (C=O) groups is 1. The van der Waals surface area contributed by atoms with Gasteiger partial charge in [-0.05, 0) is 12.2 Å². The van der Waals surface area contributed by atoms with Crippen LogP contribution in [0.15, 0.2) is 36.4 Å². The van der Waals surface area contributed by atoms with Gasteiger partial charge in [-0.15, -0.1) is 0 Å². The van der Waals surface area contributed by atoms with E-state index in [1.54, 1.807) is 24.3 Å². The van der Waals surface area contributed by atoms with Crippen molar-refractivity contribution in [3.05, 3.63) is 47.5 Å². The number of carbonyl (C=O) groups excluding carboxylic acids is 1. The van der Waals surface area contributed by atoms with Gasteiger partial charge in [0.25, 0.3) is 0 Å². The molecular weight excluding hydrogens is 196 g/mol. The Kier molecular flexibility index (Phi) is 2.40. The lowest BCUT2D eigenvalue weighted by molar-refractivity contribution is -0.387. The van der Waals surface area contributed by atoms with Crippen molar-refractivity contribution in [2.45, 2.75) is 5.79 Å². The Morgan fingerprint density at radius 1 is 1.33 bits per heavy atom. The van der Waals surface area contributed by atoms with Crippen LogP contribution in [0.3, 0.4) is 0 Å².